The summed E-state index contributed by atoms with van der Waals surface area (Å²) in [4.78, 5) is 22.7. The first-order chi connectivity index (χ1) is 8.73. The molecule has 8 heteroatoms. The van der Waals surface area contributed by atoms with Crippen molar-refractivity contribution in [2.24, 2.45) is 0 Å². The highest BCUT2D eigenvalue weighted by molar-refractivity contribution is 6.39. The van der Waals surface area contributed by atoms with Gasteiger partial charge in [0.25, 0.3) is 5.91 Å². The van der Waals surface area contributed by atoms with Gasteiger partial charge in [0.05, 0.1) is 21.8 Å². The van der Waals surface area contributed by atoms with Crippen molar-refractivity contribution in [3.8, 4) is 0 Å². The van der Waals surface area contributed by atoms with Crippen LogP contribution in [0.1, 0.15) is 17.3 Å². The first-order valence-electron chi connectivity index (χ1n) is 5.20. The van der Waals surface area contributed by atoms with Crippen LogP contribution in [0.25, 0.3) is 0 Å². The zero-order valence-electron chi connectivity index (χ0n) is 9.85. The molecule has 0 aliphatic rings. The van der Waals surface area contributed by atoms with E-state index in [0.717, 1.165) is 0 Å². The van der Waals surface area contributed by atoms with Crippen LogP contribution in [0.3, 0.4) is 0 Å². The molecule has 0 saturated carbocycles. The number of nitrogens with one attached hydrogen (secondary N) is 1. The predicted molar refractivity (Wildman–Crippen MR) is 71.4 cm³/mol. The Kier molecular flexibility index (Phi) is 4.99. The summed E-state index contributed by atoms with van der Waals surface area (Å²) >= 11 is 11.5. The van der Waals surface area contributed by atoms with Gasteiger partial charge in [-0.25, -0.2) is 4.79 Å². The summed E-state index contributed by atoms with van der Waals surface area (Å²) < 4.78 is 0. The van der Waals surface area contributed by atoms with Crippen molar-refractivity contribution in [3.05, 3.63) is 27.7 Å². The molecule has 0 aliphatic heterocycles. The summed E-state index contributed by atoms with van der Waals surface area (Å²) in [6, 6.07) is 1.10. The standard InChI is InChI=1S/C11H12Cl2N2O4/c1-4(16)9(11(18)19)15-10(17)5-2-6(12)8(14)7(13)3-5/h2-4,9,16H,14H2,1H3,(H,15,17)(H,18,19). The van der Waals surface area contributed by atoms with Gasteiger partial charge in [0.2, 0.25) is 0 Å². The fourth-order valence-corrected chi connectivity index (χ4v) is 1.82. The number of aliphatic carboxylic acids is 1. The molecule has 5 N–H and O–H groups in total. The topological polar surface area (TPSA) is 113 Å². The fraction of sp³-hybridized carbons (Fsp3) is 0.273. The number of aliphatic hydroxyl groups excluding tert-OH is 1. The Balaban J connectivity index is 2.98. The second-order valence-electron chi connectivity index (χ2n) is 3.88. The van der Waals surface area contributed by atoms with Crippen LogP contribution in [0.15, 0.2) is 12.1 Å². The van der Waals surface area contributed by atoms with E-state index >= 15 is 0 Å². The summed E-state index contributed by atoms with van der Waals surface area (Å²) in [5.41, 5.74) is 5.70. The highest BCUT2D eigenvalue weighted by Crippen LogP contribution is 2.28. The van der Waals surface area contributed by atoms with Crippen LogP contribution < -0.4 is 11.1 Å². The molecule has 2 atom stereocenters. The maximum absolute atomic E-state index is 11.8. The molecule has 1 aromatic carbocycles. The minimum Gasteiger partial charge on any atom is -0.480 e. The molecular formula is C11H12Cl2N2O4. The lowest BCUT2D eigenvalue weighted by Crippen LogP contribution is -2.47. The minimum absolute atomic E-state index is 0.0519. The zero-order valence-corrected chi connectivity index (χ0v) is 11.4. The van der Waals surface area contributed by atoms with Crippen LogP contribution in [0.2, 0.25) is 10.0 Å². The van der Waals surface area contributed by atoms with Crippen molar-refractivity contribution in [3.63, 3.8) is 0 Å². The van der Waals surface area contributed by atoms with E-state index in [4.69, 9.17) is 34.0 Å². The van der Waals surface area contributed by atoms with Crippen molar-refractivity contribution in [1.82, 2.24) is 5.32 Å². The second-order valence-corrected chi connectivity index (χ2v) is 4.70. The van der Waals surface area contributed by atoms with Gasteiger partial charge in [-0.1, -0.05) is 23.2 Å². The van der Waals surface area contributed by atoms with Crippen molar-refractivity contribution in [2.45, 2.75) is 19.1 Å². The number of carbonyl (C=O) groups is 2. The number of hydrogen-bond acceptors (Lipinski definition) is 4. The number of nitrogens with two attached hydrogens (primary N) is 1. The average Bonchev–Trinajstić information content (AvgIpc) is 2.31. The average molecular weight is 307 g/mol. The molecule has 0 radical (unpaired) electrons. The zero-order chi connectivity index (χ0) is 14.7. The number of halogens is 2. The van der Waals surface area contributed by atoms with Gasteiger partial charge in [-0.05, 0) is 19.1 Å². The van der Waals surface area contributed by atoms with Crippen LogP contribution >= 0.6 is 23.2 Å². The lowest BCUT2D eigenvalue weighted by molar-refractivity contribution is -0.141. The minimum atomic E-state index is -1.43. The molecule has 104 valence electrons. The van der Waals surface area contributed by atoms with E-state index in [9.17, 15) is 14.7 Å². The quantitative estimate of drug-likeness (QED) is 0.623. The second kappa shape index (κ2) is 6.10. The highest BCUT2D eigenvalue weighted by atomic mass is 35.5. The molecular weight excluding hydrogens is 295 g/mol. The molecule has 0 saturated heterocycles. The molecule has 0 bridgehead atoms. The Hall–Kier alpha value is -1.50. The van der Waals surface area contributed by atoms with Crippen molar-refractivity contribution < 1.29 is 19.8 Å². The molecule has 0 spiro atoms. The van der Waals surface area contributed by atoms with Crippen LogP contribution in [0.4, 0.5) is 5.69 Å². The number of carboxylic acids is 1. The Bertz CT molecular complexity index is 496. The largest absolute Gasteiger partial charge is 0.480 e. The number of rotatable bonds is 4. The van der Waals surface area contributed by atoms with Crippen molar-refractivity contribution in [1.29, 1.82) is 0 Å². The number of carboxylic acid groups (broad SMARTS) is 1. The summed E-state index contributed by atoms with van der Waals surface area (Å²) in [7, 11) is 0. The van der Waals surface area contributed by atoms with Crippen LogP contribution in [-0.4, -0.2) is 34.2 Å². The Morgan fingerprint density at radius 2 is 1.79 bits per heavy atom. The van der Waals surface area contributed by atoms with Gasteiger partial charge in [0, 0.05) is 5.56 Å². The molecule has 1 rings (SSSR count). The number of carbonyl (C=O) groups excluding carboxylic acids is 1. The number of benzene rings is 1. The van der Waals surface area contributed by atoms with E-state index in [-0.39, 0.29) is 21.3 Å². The third-order valence-corrected chi connectivity index (χ3v) is 3.00. The Morgan fingerprint density at radius 1 is 1.32 bits per heavy atom. The summed E-state index contributed by atoms with van der Waals surface area (Å²) in [6.45, 7) is 1.25. The van der Waals surface area contributed by atoms with Crippen molar-refractivity contribution in [2.75, 3.05) is 5.73 Å². The number of amides is 1. The van der Waals surface area contributed by atoms with Crippen LogP contribution in [0.5, 0.6) is 0 Å². The monoisotopic (exact) mass is 306 g/mol. The van der Waals surface area contributed by atoms with E-state index in [1.807, 2.05) is 0 Å². The number of hydrogen-bond donors (Lipinski definition) is 4. The molecule has 1 amide bonds. The normalized spacial score (nSPS) is 13.7. The van der Waals surface area contributed by atoms with Gasteiger partial charge in [-0.2, -0.15) is 0 Å². The Labute approximate surface area is 119 Å². The van der Waals surface area contributed by atoms with Crippen molar-refractivity contribution >= 4 is 40.8 Å². The van der Waals surface area contributed by atoms with Gasteiger partial charge >= 0.3 is 5.97 Å². The Morgan fingerprint density at radius 3 is 2.16 bits per heavy atom. The maximum Gasteiger partial charge on any atom is 0.328 e. The van der Waals surface area contributed by atoms with E-state index in [1.165, 1.54) is 19.1 Å². The maximum atomic E-state index is 11.8. The number of aliphatic hydroxyl groups is 1. The van der Waals surface area contributed by atoms with Gasteiger partial charge < -0.3 is 21.3 Å². The van der Waals surface area contributed by atoms with E-state index in [2.05, 4.69) is 5.32 Å². The van der Waals surface area contributed by atoms with Gasteiger partial charge in [-0.3, -0.25) is 4.79 Å². The van der Waals surface area contributed by atoms with E-state index in [1.54, 1.807) is 0 Å². The van der Waals surface area contributed by atoms with Crippen LogP contribution in [-0.2, 0) is 4.79 Å². The fourth-order valence-electron chi connectivity index (χ4n) is 1.33. The molecule has 0 heterocycles. The predicted octanol–water partition coefficient (Wildman–Crippen LogP) is 1.14. The van der Waals surface area contributed by atoms with Crippen LogP contribution in [0, 0.1) is 0 Å². The first-order valence-corrected chi connectivity index (χ1v) is 5.96. The third-order valence-electron chi connectivity index (χ3n) is 2.38. The van der Waals surface area contributed by atoms with E-state index in [0.29, 0.717) is 0 Å². The first kappa shape index (κ1) is 15.6. The van der Waals surface area contributed by atoms with Gasteiger partial charge in [-0.15, -0.1) is 0 Å². The molecule has 0 aliphatic carbocycles. The highest BCUT2D eigenvalue weighted by Gasteiger charge is 2.25. The molecule has 1 aromatic rings. The lowest BCUT2D eigenvalue weighted by Gasteiger charge is -2.17. The molecule has 2 unspecified atom stereocenters. The summed E-state index contributed by atoms with van der Waals surface area (Å²) in [5.74, 6) is -2.08. The lowest BCUT2D eigenvalue weighted by atomic mass is 10.1. The van der Waals surface area contributed by atoms with Gasteiger partial charge in [0.15, 0.2) is 6.04 Å². The molecule has 0 aromatic heterocycles. The summed E-state index contributed by atoms with van der Waals surface area (Å²) in [6.07, 6.45) is -1.25. The summed E-state index contributed by atoms with van der Waals surface area (Å²) in [5, 5.41) is 20.4. The smallest absolute Gasteiger partial charge is 0.328 e. The SMILES string of the molecule is CC(O)C(NC(=O)c1cc(Cl)c(N)c(Cl)c1)C(=O)O. The molecule has 19 heavy (non-hydrogen) atoms. The number of anilines is 1. The van der Waals surface area contributed by atoms with E-state index < -0.39 is 24.0 Å². The third kappa shape index (κ3) is 3.73. The molecule has 0 fully saturated rings. The number of nitrogen functional groups attached to an aromatic ring is 1. The molecule has 6 nitrogen and oxygen atoms in total. The van der Waals surface area contributed by atoms with Gasteiger partial charge in [0.1, 0.15) is 0 Å².